The van der Waals surface area contributed by atoms with Crippen LogP contribution in [0.25, 0.3) is 0 Å². The minimum absolute atomic E-state index is 0.0426. The van der Waals surface area contributed by atoms with Gasteiger partial charge >= 0.3 is 5.97 Å². The Balaban J connectivity index is 2.18. The third kappa shape index (κ3) is 1.65. The molecular formula is C9H15NO4S. The molecule has 0 amide bonds. The van der Waals surface area contributed by atoms with Crippen LogP contribution in [0.1, 0.15) is 12.8 Å². The molecule has 15 heavy (non-hydrogen) atoms. The van der Waals surface area contributed by atoms with Gasteiger partial charge in [0.15, 0.2) is 9.84 Å². The highest BCUT2D eigenvalue weighted by Gasteiger charge is 2.62. The predicted octanol–water partition coefficient (Wildman–Crippen LogP) is -0.688. The van der Waals surface area contributed by atoms with Crippen LogP contribution in [0.3, 0.4) is 0 Å². The van der Waals surface area contributed by atoms with Crippen molar-refractivity contribution in [3.63, 3.8) is 0 Å². The van der Waals surface area contributed by atoms with Crippen LogP contribution in [-0.2, 0) is 19.4 Å². The van der Waals surface area contributed by atoms with Crippen LogP contribution >= 0.6 is 0 Å². The number of hydrogen-bond donors (Lipinski definition) is 1. The summed E-state index contributed by atoms with van der Waals surface area (Å²) in [5.41, 5.74) is 5.26. The van der Waals surface area contributed by atoms with Crippen LogP contribution in [0.2, 0.25) is 0 Å². The number of nitrogens with two attached hydrogens (primary N) is 1. The number of esters is 1. The van der Waals surface area contributed by atoms with Crippen molar-refractivity contribution in [2.75, 3.05) is 18.6 Å². The lowest BCUT2D eigenvalue weighted by Crippen LogP contribution is -2.63. The molecule has 1 aliphatic carbocycles. The van der Waals surface area contributed by atoms with Gasteiger partial charge in [-0.1, -0.05) is 0 Å². The molecule has 0 aromatic heterocycles. The summed E-state index contributed by atoms with van der Waals surface area (Å²) in [6.07, 6.45) is 1.94. The molecule has 0 spiro atoms. The van der Waals surface area contributed by atoms with Gasteiger partial charge in [-0.15, -0.1) is 0 Å². The van der Waals surface area contributed by atoms with Crippen molar-refractivity contribution in [3.05, 3.63) is 0 Å². The van der Waals surface area contributed by atoms with Crippen LogP contribution < -0.4 is 5.73 Å². The summed E-state index contributed by atoms with van der Waals surface area (Å²) >= 11 is 0. The van der Waals surface area contributed by atoms with E-state index in [1.54, 1.807) is 0 Å². The van der Waals surface area contributed by atoms with E-state index in [2.05, 4.69) is 4.74 Å². The fourth-order valence-corrected chi connectivity index (χ4v) is 4.85. The number of rotatable bonds is 3. The standard InChI is InChI=1S/C9H15NO4S/c1-14-8(11)7(10)9(6-2-3-6)4-15(12,13)5-9/h6-7H,2-5,10H2,1H3/t7-/m1/s1. The quantitative estimate of drug-likeness (QED) is 0.652. The summed E-state index contributed by atoms with van der Waals surface area (Å²) in [6, 6.07) is -0.793. The highest BCUT2D eigenvalue weighted by molar-refractivity contribution is 7.92. The van der Waals surface area contributed by atoms with Crippen molar-refractivity contribution >= 4 is 15.8 Å². The van der Waals surface area contributed by atoms with Crippen molar-refractivity contribution in [1.29, 1.82) is 0 Å². The molecule has 0 aromatic rings. The van der Waals surface area contributed by atoms with Gasteiger partial charge in [-0.3, -0.25) is 4.79 Å². The third-order valence-corrected chi connectivity index (χ3v) is 5.40. The van der Waals surface area contributed by atoms with Gasteiger partial charge in [0.25, 0.3) is 0 Å². The number of sulfone groups is 1. The maximum Gasteiger partial charge on any atom is 0.323 e. The first-order valence-electron chi connectivity index (χ1n) is 4.95. The molecule has 1 atom stereocenters. The molecular weight excluding hydrogens is 218 g/mol. The SMILES string of the molecule is COC(=O)[C@@H](N)C1(C2CC2)CS(=O)(=O)C1. The summed E-state index contributed by atoms with van der Waals surface area (Å²) in [7, 11) is -1.69. The van der Waals surface area contributed by atoms with Crippen LogP contribution in [-0.4, -0.2) is 39.0 Å². The molecule has 2 rings (SSSR count). The van der Waals surface area contributed by atoms with Crippen LogP contribution in [0.5, 0.6) is 0 Å². The second-order valence-corrected chi connectivity index (χ2v) is 6.61. The van der Waals surface area contributed by atoms with Crippen LogP contribution in [0, 0.1) is 11.3 Å². The third-order valence-electron chi connectivity index (χ3n) is 3.44. The van der Waals surface area contributed by atoms with E-state index in [0.29, 0.717) is 0 Å². The number of methoxy groups -OCH3 is 1. The highest BCUT2D eigenvalue weighted by atomic mass is 32.2. The molecule has 2 fully saturated rings. The van der Waals surface area contributed by atoms with E-state index in [1.807, 2.05) is 0 Å². The zero-order valence-electron chi connectivity index (χ0n) is 8.60. The molecule has 5 nitrogen and oxygen atoms in total. The molecule has 0 radical (unpaired) electrons. The van der Waals surface area contributed by atoms with E-state index in [1.165, 1.54) is 7.11 Å². The van der Waals surface area contributed by atoms with Gasteiger partial charge in [-0.25, -0.2) is 8.42 Å². The van der Waals surface area contributed by atoms with Gasteiger partial charge in [0, 0.05) is 5.41 Å². The Bertz CT molecular complexity index is 373. The lowest BCUT2D eigenvalue weighted by Gasteiger charge is -2.44. The first-order valence-corrected chi connectivity index (χ1v) is 6.77. The van der Waals surface area contributed by atoms with E-state index >= 15 is 0 Å². The van der Waals surface area contributed by atoms with Gasteiger partial charge < -0.3 is 10.5 Å². The zero-order valence-corrected chi connectivity index (χ0v) is 9.42. The first-order chi connectivity index (χ1) is 6.91. The van der Waals surface area contributed by atoms with Crippen molar-refractivity contribution in [1.82, 2.24) is 0 Å². The minimum atomic E-state index is -2.97. The van der Waals surface area contributed by atoms with Crippen LogP contribution in [0.4, 0.5) is 0 Å². The zero-order chi connectivity index (χ0) is 11.3. The summed E-state index contributed by atoms with van der Waals surface area (Å²) in [6.45, 7) is 0. The largest absolute Gasteiger partial charge is 0.468 e. The van der Waals surface area contributed by atoms with Gasteiger partial charge in [0.2, 0.25) is 0 Å². The van der Waals surface area contributed by atoms with Gasteiger partial charge in [0.05, 0.1) is 18.6 Å². The molecule has 0 unspecified atom stereocenters. The van der Waals surface area contributed by atoms with Crippen molar-refractivity contribution in [2.45, 2.75) is 18.9 Å². The number of carbonyl (C=O) groups excluding carboxylic acids is 1. The lowest BCUT2D eigenvalue weighted by atomic mass is 9.78. The van der Waals surface area contributed by atoms with E-state index in [4.69, 9.17) is 5.73 Å². The van der Waals surface area contributed by atoms with E-state index < -0.39 is 27.3 Å². The van der Waals surface area contributed by atoms with Crippen molar-refractivity contribution in [3.8, 4) is 0 Å². The first kappa shape index (κ1) is 10.9. The second-order valence-electron chi connectivity index (χ2n) is 4.54. The summed E-state index contributed by atoms with van der Waals surface area (Å²) in [4.78, 5) is 11.4. The Labute approximate surface area is 88.9 Å². The monoisotopic (exact) mass is 233 g/mol. The van der Waals surface area contributed by atoms with Gasteiger partial charge in [-0.2, -0.15) is 0 Å². The molecule has 2 N–H and O–H groups in total. The predicted molar refractivity (Wildman–Crippen MR) is 53.8 cm³/mol. The van der Waals surface area contributed by atoms with Crippen LogP contribution in [0.15, 0.2) is 0 Å². The molecule has 0 aromatic carbocycles. The topological polar surface area (TPSA) is 86.5 Å². The Kier molecular flexibility index (Phi) is 2.31. The number of hydrogen-bond acceptors (Lipinski definition) is 5. The average molecular weight is 233 g/mol. The van der Waals surface area contributed by atoms with Crippen molar-refractivity contribution < 1.29 is 17.9 Å². The maximum atomic E-state index is 11.4. The fourth-order valence-electron chi connectivity index (χ4n) is 2.47. The second kappa shape index (κ2) is 3.18. The molecule has 1 saturated heterocycles. The van der Waals surface area contributed by atoms with E-state index in [0.717, 1.165) is 12.8 Å². The Morgan fingerprint density at radius 2 is 2.00 bits per heavy atom. The average Bonchev–Trinajstić information content (AvgIpc) is 2.94. The Hall–Kier alpha value is -0.620. The maximum absolute atomic E-state index is 11.4. The van der Waals surface area contributed by atoms with Gasteiger partial charge in [-0.05, 0) is 18.8 Å². The fraction of sp³-hybridized carbons (Fsp3) is 0.889. The van der Waals surface area contributed by atoms with E-state index in [-0.39, 0.29) is 17.4 Å². The highest BCUT2D eigenvalue weighted by Crippen LogP contribution is 2.53. The minimum Gasteiger partial charge on any atom is -0.468 e. The molecule has 1 aliphatic heterocycles. The molecule has 6 heteroatoms. The molecule has 2 aliphatic rings. The van der Waals surface area contributed by atoms with Gasteiger partial charge in [0.1, 0.15) is 6.04 Å². The van der Waals surface area contributed by atoms with E-state index in [9.17, 15) is 13.2 Å². The molecule has 86 valence electrons. The normalized spacial score (nSPS) is 28.9. The number of carbonyl (C=O) groups is 1. The smallest absolute Gasteiger partial charge is 0.323 e. The molecule has 1 heterocycles. The molecule has 0 bridgehead atoms. The number of ether oxygens (including phenoxy) is 1. The summed E-state index contributed by atoms with van der Waals surface area (Å²) in [5, 5.41) is 0. The summed E-state index contributed by atoms with van der Waals surface area (Å²) in [5.74, 6) is -0.131. The lowest BCUT2D eigenvalue weighted by molar-refractivity contribution is -0.145. The van der Waals surface area contributed by atoms with Crippen molar-refractivity contribution in [2.24, 2.45) is 17.1 Å². The Morgan fingerprint density at radius 3 is 2.33 bits per heavy atom. The Morgan fingerprint density at radius 1 is 1.47 bits per heavy atom. The summed E-state index contributed by atoms with van der Waals surface area (Å²) < 4.78 is 27.1. The molecule has 1 saturated carbocycles.